The summed E-state index contributed by atoms with van der Waals surface area (Å²) >= 11 is 0. The maximum absolute atomic E-state index is 8.45. The first kappa shape index (κ1) is 15.1. The van der Waals surface area contributed by atoms with E-state index in [9.17, 15) is 0 Å². The summed E-state index contributed by atoms with van der Waals surface area (Å²) < 4.78 is 10.6. The van der Waals surface area contributed by atoms with Crippen molar-refractivity contribution in [3.63, 3.8) is 0 Å². The molecule has 0 amide bonds. The SMILES string of the molecule is CC(CCc1ccco1)NCc1ccc(OCC#N)cc1. The number of furan rings is 1. The Morgan fingerprint density at radius 1 is 1.29 bits per heavy atom. The topological polar surface area (TPSA) is 58.2 Å². The molecule has 21 heavy (non-hydrogen) atoms. The van der Waals surface area contributed by atoms with Crippen LogP contribution < -0.4 is 10.1 Å². The highest BCUT2D eigenvalue weighted by atomic mass is 16.5. The van der Waals surface area contributed by atoms with Crippen molar-refractivity contribution in [3.05, 3.63) is 54.0 Å². The summed E-state index contributed by atoms with van der Waals surface area (Å²) in [5.41, 5.74) is 1.20. The van der Waals surface area contributed by atoms with Gasteiger partial charge in [-0.1, -0.05) is 12.1 Å². The molecule has 0 aliphatic rings. The van der Waals surface area contributed by atoms with Crippen LogP contribution in [-0.4, -0.2) is 12.6 Å². The summed E-state index contributed by atoms with van der Waals surface area (Å²) in [6, 6.07) is 14.1. The molecule has 1 aromatic heterocycles. The van der Waals surface area contributed by atoms with E-state index in [2.05, 4.69) is 12.2 Å². The number of hydrogen-bond donors (Lipinski definition) is 1. The van der Waals surface area contributed by atoms with Crippen LogP contribution in [0.15, 0.2) is 47.1 Å². The predicted molar refractivity (Wildman–Crippen MR) is 80.9 cm³/mol. The Balaban J connectivity index is 1.70. The summed E-state index contributed by atoms with van der Waals surface area (Å²) in [4.78, 5) is 0. The van der Waals surface area contributed by atoms with Gasteiger partial charge in [-0.25, -0.2) is 0 Å². The number of nitrogens with one attached hydrogen (secondary N) is 1. The van der Waals surface area contributed by atoms with Crippen LogP contribution in [0.2, 0.25) is 0 Å². The maximum atomic E-state index is 8.45. The maximum Gasteiger partial charge on any atom is 0.174 e. The number of hydrogen-bond acceptors (Lipinski definition) is 4. The lowest BCUT2D eigenvalue weighted by Gasteiger charge is -2.13. The standard InChI is InChI=1S/C17H20N2O2/c1-14(4-7-16-3-2-11-20-16)19-13-15-5-8-17(9-6-15)21-12-10-18/h2-3,5-6,8-9,11,14,19H,4,7,12-13H2,1H3. The number of nitriles is 1. The molecular weight excluding hydrogens is 264 g/mol. The lowest BCUT2D eigenvalue weighted by Crippen LogP contribution is -2.25. The highest BCUT2D eigenvalue weighted by Gasteiger charge is 2.04. The molecule has 0 fully saturated rings. The van der Waals surface area contributed by atoms with E-state index in [-0.39, 0.29) is 6.61 Å². The number of aryl methyl sites for hydroxylation is 1. The Morgan fingerprint density at radius 2 is 2.10 bits per heavy atom. The summed E-state index contributed by atoms with van der Waals surface area (Å²) in [7, 11) is 0. The second-order valence-electron chi connectivity index (χ2n) is 4.99. The first-order chi connectivity index (χ1) is 10.3. The van der Waals surface area contributed by atoms with E-state index in [1.54, 1.807) is 6.26 Å². The lowest BCUT2D eigenvalue weighted by molar-refractivity contribution is 0.368. The second-order valence-corrected chi connectivity index (χ2v) is 4.99. The van der Waals surface area contributed by atoms with Crippen molar-refractivity contribution < 1.29 is 9.15 Å². The van der Waals surface area contributed by atoms with Crippen LogP contribution in [0.5, 0.6) is 5.75 Å². The van der Waals surface area contributed by atoms with Gasteiger partial charge in [0.05, 0.1) is 6.26 Å². The van der Waals surface area contributed by atoms with E-state index >= 15 is 0 Å². The molecule has 0 aliphatic carbocycles. The predicted octanol–water partition coefficient (Wildman–Crippen LogP) is 3.29. The number of rotatable bonds is 8. The Labute approximate surface area is 125 Å². The van der Waals surface area contributed by atoms with Crippen molar-refractivity contribution in [2.75, 3.05) is 6.61 Å². The van der Waals surface area contributed by atoms with Crippen LogP contribution in [0, 0.1) is 11.3 Å². The first-order valence-electron chi connectivity index (χ1n) is 7.12. The Kier molecular flexibility index (Phi) is 5.86. The largest absolute Gasteiger partial charge is 0.479 e. The molecule has 1 heterocycles. The summed E-state index contributed by atoms with van der Waals surface area (Å²) in [5.74, 6) is 1.76. The van der Waals surface area contributed by atoms with Gasteiger partial charge in [0.15, 0.2) is 6.61 Å². The summed E-state index contributed by atoms with van der Waals surface area (Å²) in [6.45, 7) is 3.08. The molecule has 4 heteroatoms. The van der Waals surface area contributed by atoms with Gasteiger partial charge in [-0.2, -0.15) is 5.26 Å². The van der Waals surface area contributed by atoms with E-state index < -0.39 is 0 Å². The van der Waals surface area contributed by atoms with Gasteiger partial charge in [-0.05, 0) is 43.2 Å². The average Bonchev–Trinajstić information content (AvgIpc) is 3.03. The number of nitrogens with zero attached hydrogens (tertiary/aromatic N) is 1. The first-order valence-corrected chi connectivity index (χ1v) is 7.12. The molecule has 0 radical (unpaired) electrons. The van der Waals surface area contributed by atoms with E-state index in [4.69, 9.17) is 14.4 Å². The fourth-order valence-corrected chi connectivity index (χ4v) is 2.03. The molecule has 0 saturated heterocycles. The van der Waals surface area contributed by atoms with Crippen molar-refractivity contribution in [2.45, 2.75) is 32.4 Å². The summed E-state index contributed by atoms with van der Waals surface area (Å²) in [5, 5.41) is 11.9. The minimum atomic E-state index is 0.0847. The quantitative estimate of drug-likeness (QED) is 0.808. The van der Waals surface area contributed by atoms with Gasteiger partial charge in [0, 0.05) is 19.0 Å². The van der Waals surface area contributed by atoms with Crippen molar-refractivity contribution >= 4 is 0 Å². The molecule has 0 aliphatic heterocycles. The fraction of sp³-hybridized carbons (Fsp3) is 0.353. The van der Waals surface area contributed by atoms with Crippen LogP contribution in [-0.2, 0) is 13.0 Å². The highest BCUT2D eigenvalue weighted by Crippen LogP contribution is 2.12. The van der Waals surface area contributed by atoms with Gasteiger partial charge in [-0.15, -0.1) is 0 Å². The van der Waals surface area contributed by atoms with Crippen molar-refractivity contribution in [3.8, 4) is 11.8 Å². The number of ether oxygens (including phenoxy) is 1. The molecule has 2 rings (SSSR count). The third-order valence-electron chi connectivity index (χ3n) is 3.29. The van der Waals surface area contributed by atoms with Crippen LogP contribution in [0.1, 0.15) is 24.7 Å². The molecule has 4 nitrogen and oxygen atoms in total. The van der Waals surface area contributed by atoms with Crippen LogP contribution >= 0.6 is 0 Å². The van der Waals surface area contributed by atoms with E-state index in [1.165, 1.54) is 5.56 Å². The zero-order valence-electron chi connectivity index (χ0n) is 12.2. The van der Waals surface area contributed by atoms with Crippen molar-refractivity contribution in [1.29, 1.82) is 5.26 Å². The third-order valence-corrected chi connectivity index (χ3v) is 3.29. The van der Waals surface area contributed by atoms with Crippen LogP contribution in [0.4, 0.5) is 0 Å². The Bertz CT molecular complexity index is 555. The molecule has 1 unspecified atom stereocenters. The molecule has 110 valence electrons. The average molecular weight is 284 g/mol. The smallest absolute Gasteiger partial charge is 0.174 e. The van der Waals surface area contributed by atoms with E-state index in [1.807, 2.05) is 42.5 Å². The van der Waals surface area contributed by atoms with Crippen LogP contribution in [0.3, 0.4) is 0 Å². The van der Waals surface area contributed by atoms with E-state index in [0.29, 0.717) is 6.04 Å². The molecule has 1 atom stereocenters. The molecule has 0 bridgehead atoms. The minimum absolute atomic E-state index is 0.0847. The van der Waals surface area contributed by atoms with Gasteiger partial charge >= 0.3 is 0 Å². The van der Waals surface area contributed by atoms with Crippen molar-refractivity contribution in [1.82, 2.24) is 5.32 Å². The zero-order valence-corrected chi connectivity index (χ0v) is 12.2. The normalized spacial score (nSPS) is 11.8. The molecular formula is C17H20N2O2. The molecule has 0 saturated carbocycles. The van der Waals surface area contributed by atoms with Gasteiger partial charge in [0.1, 0.15) is 17.6 Å². The minimum Gasteiger partial charge on any atom is -0.479 e. The number of benzene rings is 1. The Morgan fingerprint density at radius 3 is 2.76 bits per heavy atom. The third kappa shape index (κ3) is 5.33. The van der Waals surface area contributed by atoms with E-state index in [0.717, 1.165) is 30.9 Å². The van der Waals surface area contributed by atoms with Crippen molar-refractivity contribution in [2.24, 2.45) is 0 Å². The zero-order chi connectivity index (χ0) is 14.9. The molecule has 1 aromatic carbocycles. The monoisotopic (exact) mass is 284 g/mol. The van der Waals surface area contributed by atoms with Gasteiger partial charge in [0.2, 0.25) is 0 Å². The molecule has 0 spiro atoms. The molecule has 1 N–H and O–H groups in total. The van der Waals surface area contributed by atoms with Gasteiger partial charge in [-0.3, -0.25) is 0 Å². The fourth-order valence-electron chi connectivity index (χ4n) is 2.03. The highest BCUT2D eigenvalue weighted by molar-refractivity contribution is 5.27. The second kappa shape index (κ2) is 8.13. The summed E-state index contributed by atoms with van der Waals surface area (Å²) in [6.07, 6.45) is 3.70. The Hall–Kier alpha value is -2.25. The van der Waals surface area contributed by atoms with Crippen LogP contribution in [0.25, 0.3) is 0 Å². The van der Waals surface area contributed by atoms with Gasteiger partial charge < -0.3 is 14.5 Å². The molecule has 2 aromatic rings. The lowest BCUT2D eigenvalue weighted by atomic mass is 10.1. The van der Waals surface area contributed by atoms with Gasteiger partial charge in [0.25, 0.3) is 0 Å².